The smallest absolute Gasteiger partial charge is 0.343 e. The average Bonchev–Trinajstić information content (AvgIpc) is 2.24. The fraction of sp³-hybridized carbons (Fsp3) is 0.917. The molecule has 0 rings (SSSR count). The molecule has 0 bridgehead atoms. The van der Waals surface area contributed by atoms with Gasteiger partial charge in [0.15, 0.2) is 5.16 Å². The van der Waals surface area contributed by atoms with E-state index in [9.17, 15) is 19.1 Å². The zero-order valence-electron chi connectivity index (χ0n) is 11.7. The molecule has 6 heteroatoms. The third kappa shape index (κ3) is 3.56. The molecule has 0 aromatic heterocycles. The molecule has 0 aromatic carbocycles. The summed E-state index contributed by atoms with van der Waals surface area (Å²) >= 11 is 0. The first-order valence-corrected chi connectivity index (χ1v) is 8.11. The standard InChI is InChI=1S/C12H25O5P/c1-5-8-10(4)12(9-6-2,18(14,15)16)11(13)17-7-3/h10H,5-9H2,1-4H3,(H2,14,15,16). The van der Waals surface area contributed by atoms with E-state index in [4.69, 9.17) is 4.74 Å². The van der Waals surface area contributed by atoms with Crippen LogP contribution >= 0.6 is 7.60 Å². The highest BCUT2D eigenvalue weighted by atomic mass is 31.2. The van der Waals surface area contributed by atoms with Gasteiger partial charge in [-0.15, -0.1) is 0 Å². The van der Waals surface area contributed by atoms with Crippen molar-refractivity contribution in [1.82, 2.24) is 0 Å². The fourth-order valence-electron chi connectivity index (χ4n) is 2.41. The summed E-state index contributed by atoms with van der Waals surface area (Å²) < 4.78 is 16.8. The van der Waals surface area contributed by atoms with Crippen LogP contribution in [-0.4, -0.2) is 27.5 Å². The number of rotatable bonds is 8. The largest absolute Gasteiger partial charge is 0.465 e. The van der Waals surface area contributed by atoms with Crippen LogP contribution in [0, 0.1) is 5.92 Å². The second-order valence-corrected chi connectivity index (χ2v) is 6.51. The van der Waals surface area contributed by atoms with Gasteiger partial charge in [-0.2, -0.15) is 0 Å². The first kappa shape index (κ1) is 17.6. The first-order chi connectivity index (χ1) is 8.27. The lowest BCUT2D eigenvalue weighted by molar-refractivity contribution is -0.149. The van der Waals surface area contributed by atoms with Gasteiger partial charge >= 0.3 is 13.6 Å². The van der Waals surface area contributed by atoms with E-state index in [1.54, 1.807) is 13.8 Å². The third-order valence-corrected chi connectivity index (χ3v) is 5.20. The van der Waals surface area contributed by atoms with Crippen LogP contribution in [-0.2, 0) is 14.1 Å². The highest BCUT2D eigenvalue weighted by Crippen LogP contribution is 2.58. The zero-order valence-corrected chi connectivity index (χ0v) is 12.6. The van der Waals surface area contributed by atoms with Crippen LogP contribution < -0.4 is 0 Å². The maximum atomic E-state index is 12.1. The van der Waals surface area contributed by atoms with Crippen molar-refractivity contribution in [2.24, 2.45) is 5.92 Å². The van der Waals surface area contributed by atoms with Crippen LogP contribution in [0.2, 0.25) is 0 Å². The van der Waals surface area contributed by atoms with Crippen LogP contribution in [0.1, 0.15) is 53.4 Å². The van der Waals surface area contributed by atoms with Gasteiger partial charge in [0.1, 0.15) is 0 Å². The van der Waals surface area contributed by atoms with Crippen molar-refractivity contribution in [3.63, 3.8) is 0 Å². The van der Waals surface area contributed by atoms with Crippen molar-refractivity contribution < 1.29 is 23.9 Å². The molecule has 108 valence electrons. The minimum atomic E-state index is -4.57. The van der Waals surface area contributed by atoms with Gasteiger partial charge in [-0.05, 0) is 25.7 Å². The van der Waals surface area contributed by atoms with E-state index in [-0.39, 0.29) is 13.0 Å². The number of carbonyl (C=O) groups is 1. The molecule has 2 unspecified atom stereocenters. The maximum Gasteiger partial charge on any atom is 0.343 e. The molecule has 0 spiro atoms. The van der Waals surface area contributed by atoms with Gasteiger partial charge in [0.05, 0.1) is 6.61 Å². The molecule has 0 saturated heterocycles. The van der Waals surface area contributed by atoms with Crippen LogP contribution in [0.25, 0.3) is 0 Å². The van der Waals surface area contributed by atoms with E-state index in [1.807, 2.05) is 13.8 Å². The Hall–Kier alpha value is -0.380. The van der Waals surface area contributed by atoms with Crippen molar-refractivity contribution in [2.75, 3.05) is 6.61 Å². The predicted octanol–water partition coefficient (Wildman–Crippen LogP) is 2.70. The summed E-state index contributed by atoms with van der Waals surface area (Å²) in [6, 6.07) is 0. The molecule has 0 fully saturated rings. The van der Waals surface area contributed by atoms with Crippen molar-refractivity contribution in [2.45, 2.75) is 58.5 Å². The minimum Gasteiger partial charge on any atom is -0.465 e. The Morgan fingerprint density at radius 1 is 1.28 bits per heavy atom. The lowest BCUT2D eigenvalue weighted by atomic mass is 9.85. The molecular weight excluding hydrogens is 255 g/mol. The van der Waals surface area contributed by atoms with Crippen molar-refractivity contribution in [3.8, 4) is 0 Å². The lowest BCUT2D eigenvalue weighted by Gasteiger charge is -2.36. The topological polar surface area (TPSA) is 83.8 Å². The number of esters is 1. The highest BCUT2D eigenvalue weighted by molar-refractivity contribution is 7.54. The number of hydrogen-bond donors (Lipinski definition) is 2. The fourth-order valence-corrected chi connectivity index (χ4v) is 3.93. The Balaban J connectivity index is 5.57. The first-order valence-electron chi connectivity index (χ1n) is 6.50. The van der Waals surface area contributed by atoms with E-state index in [1.165, 1.54) is 0 Å². The normalized spacial score (nSPS) is 17.0. The molecule has 0 aliphatic heterocycles. The molecular formula is C12H25O5P. The van der Waals surface area contributed by atoms with Gasteiger partial charge in [-0.25, -0.2) is 0 Å². The van der Waals surface area contributed by atoms with Gasteiger partial charge in [0.2, 0.25) is 0 Å². The molecule has 5 nitrogen and oxygen atoms in total. The zero-order chi connectivity index (χ0) is 14.4. The molecule has 18 heavy (non-hydrogen) atoms. The molecule has 0 aliphatic carbocycles. The Morgan fingerprint density at radius 3 is 2.17 bits per heavy atom. The van der Waals surface area contributed by atoms with E-state index < -0.39 is 24.6 Å². The quantitative estimate of drug-likeness (QED) is 0.527. The van der Waals surface area contributed by atoms with Crippen molar-refractivity contribution in [3.05, 3.63) is 0 Å². The van der Waals surface area contributed by atoms with E-state index >= 15 is 0 Å². The lowest BCUT2D eigenvalue weighted by Crippen LogP contribution is -2.45. The van der Waals surface area contributed by atoms with Gasteiger partial charge in [0.25, 0.3) is 0 Å². The summed E-state index contributed by atoms with van der Waals surface area (Å²) in [4.78, 5) is 31.4. The van der Waals surface area contributed by atoms with Crippen LogP contribution in [0.5, 0.6) is 0 Å². The minimum absolute atomic E-state index is 0.128. The van der Waals surface area contributed by atoms with E-state index in [0.717, 1.165) is 6.42 Å². The Labute approximate surface area is 109 Å². The summed E-state index contributed by atoms with van der Waals surface area (Å²) in [6.45, 7) is 7.22. The molecule has 2 atom stereocenters. The van der Waals surface area contributed by atoms with Crippen LogP contribution in [0.3, 0.4) is 0 Å². The summed E-state index contributed by atoms with van der Waals surface area (Å²) in [6.07, 6.45) is 2.03. The molecule has 0 radical (unpaired) electrons. The van der Waals surface area contributed by atoms with E-state index in [0.29, 0.717) is 12.8 Å². The second-order valence-electron chi connectivity index (χ2n) is 4.63. The van der Waals surface area contributed by atoms with Crippen LogP contribution in [0.15, 0.2) is 0 Å². The third-order valence-electron chi connectivity index (χ3n) is 3.32. The molecule has 0 heterocycles. The number of ether oxygens (including phenoxy) is 1. The molecule has 0 aliphatic rings. The van der Waals surface area contributed by atoms with Gasteiger partial charge < -0.3 is 14.5 Å². The average molecular weight is 280 g/mol. The summed E-state index contributed by atoms with van der Waals surface area (Å²) in [7, 11) is -4.57. The molecule has 0 aromatic rings. The highest BCUT2D eigenvalue weighted by Gasteiger charge is 2.57. The van der Waals surface area contributed by atoms with Gasteiger partial charge in [-0.1, -0.05) is 33.6 Å². The van der Waals surface area contributed by atoms with Gasteiger partial charge in [0, 0.05) is 0 Å². The van der Waals surface area contributed by atoms with Crippen molar-refractivity contribution >= 4 is 13.6 Å². The number of hydrogen-bond acceptors (Lipinski definition) is 3. The van der Waals surface area contributed by atoms with Crippen molar-refractivity contribution in [1.29, 1.82) is 0 Å². The number of carbonyl (C=O) groups excluding carboxylic acids is 1. The van der Waals surface area contributed by atoms with Crippen LogP contribution in [0.4, 0.5) is 0 Å². The Kier molecular flexibility index (Phi) is 7.11. The Bertz CT molecular complexity index is 312. The monoisotopic (exact) mass is 280 g/mol. The maximum absolute atomic E-state index is 12.1. The summed E-state index contributed by atoms with van der Waals surface area (Å²) in [5.41, 5.74) is 0. The summed E-state index contributed by atoms with van der Waals surface area (Å²) in [5, 5.41) is -1.69. The molecule has 0 amide bonds. The van der Waals surface area contributed by atoms with E-state index in [2.05, 4.69) is 0 Å². The molecule has 2 N–H and O–H groups in total. The van der Waals surface area contributed by atoms with Gasteiger partial charge in [-0.3, -0.25) is 9.36 Å². The Morgan fingerprint density at radius 2 is 1.83 bits per heavy atom. The SMILES string of the molecule is CCCC(C)C(CCC)(C(=O)OCC)P(=O)(O)O. The molecule has 0 saturated carbocycles. The summed E-state index contributed by atoms with van der Waals surface area (Å²) in [5.74, 6) is -1.16. The predicted molar refractivity (Wildman–Crippen MR) is 70.4 cm³/mol. The second kappa shape index (κ2) is 7.27.